The third-order valence-corrected chi connectivity index (χ3v) is 7.95. The lowest BCUT2D eigenvalue weighted by molar-refractivity contribution is -0.225. The van der Waals surface area contributed by atoms with Crippen LogP contribution in [0.15, 0.2) is 0 Å². The summed E-state index contributed by atoms with van der Waals surface area (Å²) in [6.07, 6.45) is 9.66. The fourth-order valence-electron chi connectivity index (χ4n) is 6.77. The zero-order valence-corrected chi connectivity index (χ0v) is 14.4. The van der Waals surface area contributed by atoms with Crippen LogP contribution in [0.3, 0.4) is 0 Å². The Morgan fingerprint density at radius 3 is 2.42 bits per heavy atom. The summed E-state index contributed by atoms with van der Waals surface area (Å²) in [7, 11) is 10.9. The van der Waals surface area contributed by atoms with Crippen molar-refractivity contribution in [3.05, 3.63) is 21.1 Å². The molecule has 0 unspecified atom stereocenters. The van der Waals surface area contributed by atoms with Crippen LogP contribution in [0.4, 0.5) is 0 Å². The second-order valence-electron chi connectivity index (χ2n) is 8.72. The van der Waals surface area contributed by atoms with Gasteiger partial charge < -0.3 is 9.47 Å². The lowest BCUT2D eigenvalue weighted by atomic mass is 9.47. The highest BCUT2D eigenvalue weighted by Gasteiger charge is 2.56. The van der Waals surface area contributed by atoms with E-state index in [4.69, 9.17) is 30.6 Å². The minimum Gasteiger partial charge on any atom is -0.341 e. The smallest absolute Gasteiger partial charge is 0.169 e. The molecule has 0 aromatic heterocycles. The Morgan fingerprint density at radius 1 is 0.917 bits per heavy atom. The van der Waals surface area contributed by atoms with Crippen LogP contribution in [0.5, 0.6) is 0 Å². The molecular formula is C21H28O3. The van der Waals surface area contributed by atoms with Gasteiger partial charge in [-0.3, -0.25) is 4.79 Å². The van der Waals surface area contributed by atoms with E-state index in [0.717, 1.165) is 57.8 Å². The Morgan fingerprint density at radius 2 is 1.67 bits per heavy atom. The molecule has 4 aliphatic carbocycles. The number of carbonyl (C=O) groups excluding carboxylic acids is 1. The van der Waals surface area contributed by atoms with Gasteiger partial charge in [-0.15, -0.1) is 0 Å². The molecule has 3 nitrogen and oxygen atoms in total. The predicted octanol–water partition coefficient (Wildman–Crippen LogP) is 4.36. The summed E-state index contributed by atoms with van der Waals surface area (Å²) < 4.78 is 10.2. The summed E-state index contributed by atoms with van der Waals surface area (Å²) in [4.78, 5) is 12.5. The summed E-state index contributed by atoms with van der Waals surface area (Å²) in [6.45, 7) is 6.65. The van der Waals surface area contributed by atoms with E-state index in [1.807, 2.05) is 0 Å². The lowest BCUT2D eigenvalue weighted by Gasteiger charge is -2.58. The maximum Gasteiger partial charge on any atom is 0.169 e. The molecule has 0 bridgehead atoms. The van der Waals surface area contributed by atoms with Crippen molar-refractivity contribution in [1.29, 1.82) is 0 Å². The van der Waals surface area contributed by atoms with Crippen LogP contribution >= 0.6 is 0 Å². The third kappa shape index (κ3) is 2.41. The fourth-order valence-corrected chi connectivity index (χ4v) is 6.77. The van der Waals surface area contributed by atoms with Crippen LogP contribution in [0, 0.1) is 56.1 Å². The van der Waals surface area contributed by atoms with Gasteiger partial charge in [-0.25, -0.2) is 0 Å². The van der Waals surface area contributed by atoms with E-state index in [9.17, 15) is 4.79 Å². The van der Waals surface area contributed by atoms with Crippen LogP contribution in [0.1, 0.15) is 64.2 Å². The molecule has 0 aliphatic heterocycles. The molecule has 0 amide bonds. The Labute approximate surface area is 146 Å². The van der Waals surface area contributed by atoms with Crippen LogP contribution in [-0.2, 0) is 14.3 Å². The van der Waals surface area contributed by atoms with Gasteiger partial charge in [0.25, 0.3) is 0 Å². The first kappa shape index (κ1) is 17.0. The molecule has 130 valence electrons. The summed E-state index contributed by atoms with van der Waals surface area (Å²) in [5.41, 5.74) is -0.536. The van der Waals surface area contributed by atoms with Gasteiger partial charge in [0.1, 0.15) is 20.0 Å². The molecule has 6 radical (unpaired) electrons. The van der Waals surface area contributed by atoms with E-state index >= 15 is 0 Å². The molecule has 3 heteroatoms. The number of ether oxygens (including phenoxy) is 2. The predicted molar refractivity (Wildman–Crippen MR) is 88.9 cm³/mol. The van der Waals surface area contributed by atoms with Crippen molar-refractivity contribution in [3.63, 3.8) is 0 Å². The SMILES string of the molecule is [CH]OC1(O[CH])CC[C@H]2[C@H](CC[C@@H]3[C@@H]2CC[C@]2([CH])C(=O)CCC[C@@H]32)C1. The zero-order valence-electron chi connectivity index (χ0n) is 14.4. The van der Waals surface area contributed by atoms with Gasteiger partial charge in [0.15, 0.2) is 5.79 Å². The molecule has 0 saturated heterocycles. The fraction of sp³-hybridized carbons (Fsp3) is 0.810. The first-order valence-electron chi connectivity index (χ1n) is 9.61. The normalized spacial score (nSPS) is 47.5. The van der Waals surface area contributed by atoms with E-state index in [2.05, 4.69) is 0 Å². The minimum atomic E-state index is -0.804. The Kier molecular flexibility index (Phi) is 4.32. The van der Waals surface area contributed by atoms with E-state index in [-0.39, 0.29) is 0 Å². The van der Waals surface area contributed by atoms with E-state index in [1.165, 1.54) is 0 Å². The largest absolute Gasteiger partial charge is 0.341 e. The van der Waals surface area contributed by atoms with Crippen LogP contribution < -0.4 is 0 Å². The van der Waals surface area contributed by atoms with Crippen molar-refractivity contribution < 1.29 is 14.3 Å². The first-order chi connectivity index (χ1) is 11.5. The molecule has 4 saturated carbocycles. The molecule has 0 spiro atoms. The van der Waals surface area contributed by atoms with Crippen LogP contribution in [0.25, 0.3) is 0 Å². The van der Waals surface area contributed by atoms with Gasteiger partial charge in [-0.1, -0.05) is 0 Å². The number of hydrogen-bond donors (Lipinski definition) is 0. The molecule has 0 aromatic rings. The topological polar surface area (TPSA) is 35.5 Å². The number of fused-ring (bicyclic) bond motifs is 5. The molecule has 4 fully saturated rings. The molecule has 6 atom stereocenters. The summed E-state index contributed by atoms with van der Waals surface area (Å²) in [6, 6.07) is 0. The minimum absolute atomic E-state index is 0.315. The third-order valence-electron chi connectivity index (χ3n) is 7.95. The number of hydrogen-bond acceptors (Lipinski definition) is 3. The Balaban J connectivity index is 1.54. The molecular weight excluding hydrogens is 300 g/mol. The maximum atomic E-state index is 12.5. The second-order valence-corrected chi connectivity index (χ2v) is 8.72. The summed E-state index contributed by atoms with van der Waals surface area (Å²) in [5.74, 6) is 2.42. The van der Waals surface area contributed by atoms with Crippen molar-refractivity contribution in [2.24, 2.45) is 35.0 Å². The highest BCUT2D eigenvalue weighted by atomic mass is 16.7. The quantitative estimate of drug-likeness (QED) is 0.707. The van der Waals surface area contributed by atoms with Gasteiger partial charge in [0.05, 0.1) is 0 Å². The Bertz CT molecular complexity index is 497. The van der Waals surface area contributed by atoms with Gasteiger partial charge in [-0.2, -0.15) is 0 Å². The molecule has 4 aliphatic rings. The van der Waals surface area contributed by atoms with Gasteiger partial charge in [-0.05, 0) is 81.5 Å². The van der Waals surface area contributed by atoms with Gasteiger partial charge >= 0.3 is 0 Å². The van der Waals surface area contributed by atoms with Crippen molar-refractivity contribution >= 4 is 5.78 Å². The van der Waals surface area contributed by atoms with Gasteiger partial charge in [0, 0.05) is 24.7 Å². The van der Waals surface area contributed by atoms with Crippen LogP contribution in [0.2, 0.25) is 0 Å². The summed E-state index contributed by atoms with van der Waals surface area (Å²) in [5, 5.41) is 0. The second kappa shape index (κ2) is 6.09. The van der Waals surface area contributed by atoms with Crippen molar-refractivity contribution in [3.8, 4) is 0 Å². The molecule has 24 heavy (non-hydrogen) atoms. The number of Topliss-reactive ketones (excluding diaryl/α,β-unsaturated/α-hetero) is 1. The average Bonchev–Trinajstić information content (AvgIpc) is 2.61. The van der Waals surface area contributed by atoms with E-state index in [0.29, 0.717) is 41.8 Å². The number of carbonyl (C=O) groups is 1. The van der Waals surface area contributed by atoms with Crippen molar-refractivity contribution in [2.75, 3.05) is 0 Å². The molecule has 0 heterocycles. The highest BCUT2D eigenvalue weighted by molar-refractivity contribution is 5.86. The molecule has 0 N–H and O–H groups in total. The number of rotatable bonds is 2. The number of ketones is 1. The maximum absolute atomic E-state index is 12.5. The van der Waals surface area contributed by atoms with E-state index in [1.54, 1.807) is 0 Å². The average molecular weight is 328 g/mol. The first-order valence-corrected chi connectivity index (χ1v) is 9.61. The zero-order chi connectivity index (χ0) is 16.9. The monoisotopic (exact) mass is 328 g/mol. The Hall–Kier alpha value is -0.410. The lowest BCUT2D eigenvalue weighted by Crippen LogP contribution is -2.54. The van der Waals surface area contributed by atoms with Crippen molar-refractivity contribution in [1.82, 2.24) is 0 Å². The molecule has 4 rings (SSSR count). The summed E-state index contributed by atoms with van der Waals surface area (Å²) >= 11 is 0. The van der Waals surface area contributed by atoms with Gasteiger partial charge in [0.2, 0.25) is 0 Å². The standard InChI is InChI=1S/C21H28O3/c1-20-11-9-16-15-10-12-21(23-2,24-3)13-14(15)7-8-17(16)18(20)5-4-6-19(20)22/h1-3,14-18H,4-13H2/t14-,15+,16-,17-,18+,20+/m1/s1. The highest BCUT2D eigenvalue weighted by Crippen LogP contribution is 2.61. The van der Waals surface area contributed by atoms with Crippen molar-refractivity contribution in [2.45, 2.75) is 70.0 Å². The van der Waals surface area contributed by atoms with Crippen LogP contribution in [-0.4, -0.2) is 11.6 Å². The molecule has 0 aromatic carbocycles. The van der Waals surface area contributed by atoms with E-state index < -0.39 is 11.2 Å².